The number of hydrogen-bond acceptors (Lipinski definition) is 3. The lowest BCUT2D eigenvalue weighted by Crippen LogP contribution is -2.49. The number of fused-ring (bicyclic) bond motifs is 1. The van der Waals surface area contributed by atoms with Gasteiger partial charge in [-0.05, 0) is 24.7 Å². The minimum Gasteiger partial charge on any atom is -0.478 e. The number of carbonyl (C=O) groups is 2. The highest BCUT2D eigenvalue weighted by atomic mass is 19.4. The van der Waals surface area contributed by atoms with E-state index in [9.17, 15) is 27.2 Å². The van der Waals surface area contributed by atoms with Crippen molar-refractivity contribution < 1.29 is 32.3 Å². The maximum Gasteiger partial charge on any atom is 0.417 e. The van der Waals surface area contributed by atoms with Crippen LogP contribution in [0.5, 0.6) is 0 Å². The van der Waals surface area contributed by atoms with Gasteiger partial charge in [0.15, 0.2) is 5.67 Å². The Bertz CT molecular complexity index is 706. The van der Waals surface area contributed by atoms with Crippen LogP contribution in [0.2, 0.25) is 0 Å². The monoisotopic (exact) mass is 346 g/mol. The summed E-state index contributed by atoms with van der Waals surface area (Å²) in [5.74, 6) is -3.20. The van der Waals surface area contributed by atoms with Gasteiger partial charge in [0.2, 0.25) is 0 Å². The van der Waals surface area contributed by atoms with E-state index in [1.165, 1.54) is 0 Å². The number of benzene rings is 1. The predicted octanol–water partition coefficient (Wildman–Crippen LogP) is 2.07. The molecule has 0 saturated carbocycles. The average Bonchev–Trinajstić information content (AvgIpc) is 2.78. The molecule has 0 aliphatic carbocycles. The van der Waals surface area contributed by atoms with Gasteiger partial charge in [0.25, 0.3) is 5.91 Å². The van der Waals surface area contributed by atoms with Gasteiger partial charge in [-0.3, -0.25) is 4.79 Å². The lowest BCUT2D eigenvalue weighted by molar-refractivity contribution is -0.138. The first-order valence-corrected chi connectivity index (χ1v) is 7.31. The van der Waals surface area contributed by atoms with Gasteiger partial charge in [0.1, 0.15) is 0 Å². The number of aromatic carboxylic acids is 1. The second-order valence-corrected chi connectivity index (χ2v) is 5.96. The highest BCUT2D eigenvalue weighted by molar-refractivity contribution is 6.03. The lowest BCUT2D eigenvalue weighted by Gasteiger charge is -2.29. The number of rotatable bonds is 2. The fraction of sp³-hybridized carbons (Fsp3) is 0.467. The number of nitrogens with one attached hydrogen (secondary N) is 1. The van der Waals surface area contributed by atoms with Crippen LogP contribution in [-0.4, -0.2) is 42.3 Å². The van der Waals surface area contributed by atoms with Crippen molar-refractivity contribution in [2.75, 3.05) is 24.5 Å². The van der Waals surface area contributed by atoms with Crippen LogP contribution in [0, 0.1) is 5.92 Å². The van der Waals surface area contributed by atoms with Crippen LogP contribution in [0.15, 0.2) is 18.2 Å². The van der Waals surface area contributed by atoms with Gasteiger partial charge in [0, 0.05) is 31.1 Å². The van der Waals surface area contributed by atoms with Crippen molar-refractivity contribution in [2.24, 2.45) is 5.92 Å². The third kappa shape index (κ3) is 2.52. The second kappa shape index (κ2) is 5.44. The fourth-order valence-electron chi connectivity index (χ4n) is 3.28. The van der Waals surface area contributed by atoms with Crippen molar-refractivity contribution in [2.45, 2.75) is 18.3 Å². The maximum absolute atomic E-state index is 14.9. The largest absolute Gasteiger partial charge is 0.478 e. The Morgan fingerprint density at radius 1 is 1.38 bits per heavy atom. The molecule has 0 spiro atoms. The topological polar surface area (TPSA) is 69.6 Å². The van der Waals surface area contributed by atoms with Crippen LogP contribution in [0.25, 0.3) is 0 Å². The van der Waals surface area contributed by atoms with Crippen molar-refractivity contribution >= 4 is 17.6 Å². The number of hydrogen-bond donors (Lipinski definition) is 2. The van der Waals surface area contributed by atoms with Gasteiger partial charge in [-0.25, -0.2) is 9.18 Å². The van der Waals surface area contributed by atoms with Gasteiger partial charge in [-0.15, -0.1) is 0 Å². The predicted molar refractivity (Wildman–Crippen MR) is 75.6 cm³/mol. The van der Waals surface area contributed by atoms with E-state index in [0.717, 1.165) is 17.0 Å². The highest BCUT2D eigenvalue weighted by Gasteiger charge is 2.56. The number of halogens is 4. The number of piperidine rings is 1. The van der Waals surface area contributed by atoms with E-state index in [1.54, 1.807) is 0 Å². The molecular formula is C15H14F4N2O3. The first-order valence-electron chi connectivity index (χ1n) is 7.31. The molecule has 1 aromatic rings. The van der Waals surface area contributed by atoms with Crippen LogP contribution < -0.4 is 10.2 Å². The number of nitrogens with zero attached hydrogens (tertiary/aromatic N) is 1. The SMILES string of the molecule is O=C(O)c1cc(N2C[C@@H]3CNCC[C@]3(F)C2=O)ccc1C(F)(F)F. The van der Waals surface area contributed by atoms with Gasteiger partial charge >= 0.3 is 12.1 Å². The summed E-state index contributed by atoms with van der Waals surface area (Å²) in [7, 11) is 0. The molecule has 2 fully saturated rings. The molecule has 2 aliphatic heterocycles. The second-order valence-electron chi connectivity index (χ2n) is 5.96. The third-order valence-electron chi connectivity index (χ3n) is 4.56. The molecule has 9 heteroatoms. The van der Waals surface area contributed by atoms with E-state index in [-0.39, 0.29) is 25.2 Å². The van der Waals surface area contributed by atoms with E-state index in [4.69, 9.17) is 5.11 Å². The Hall–Kier alpha value is -2.16. The Labute approximate surface area is 134 Å². The smallest absolute Gasteiger partial charge is 0.417 e. The zero-order valence-corrected chi connectivity index (χ0v) is 12.4. The summed E-state index contributed by atoms with van der Waals surface area (Å²) in [5, 5.41) is 12.0. The Morgan fingerprint density at radius 2 is 2.08 bits per heavy atom. The molecule has 24 heavy (non-hydrogen) atoms. The van der Waals surface area contributed by atoms with E-state index in [2.05, 4.69) is 5.32 Å². The third-order valence-corrected chi connectivity index (χ3v) is 4.56. The molecule has 2 N–H and O–H groups in total. The molecule has 130 valence electrons. The first-order chi connectivity index (χ1) is 11.1. The fourth-order valence-corrected chi connectivity index (χ4v) is 3.28. The minimum absolute atomic E-state index is 0.00719. The molecule has 0 bridgehead atoms. The van der Waals surface area contributed by atoms with E-state index in [1.807, 2.05) is 0 Å². The Morgan fingerprint density at radius 3 is 2.67 bits per heavy atom. The molecule has 1 aromatic carbocycles. The van der Waals surface area contributed by atoms with Crippen LogP contribution in [0.3, 0.4) is 0 Å². The molecule has 3 rings (SSSR count). The van der Waals surface area contributed by atoms with Gasteiger partial charge in [0.05, 0.1) is 11.1 Å². The average molecular weight is 346 g/mol. The number of amides is 1. The van der Waals surface area contributed by atoms with Crippen molar-refractivity contribution in [1.29, 1.82) is 0 Å². The van der Waals surface area contributed by atoms with Gasteiger partial charge < -0.3 is 15.3 Å². The van der Waals surface area contributed by atoms with Crippen molar-refractivity contribution in [1.82, 2.24) is 5.32 Å². The normalized spacial score (nSPS) is 27.2. The first kappa shape index (κ1) is 16.7. The van der Waals surface area contributed by atoms with Crippen LogP contribution in [0.4, 0.5) is 23.2 Å². The zero-order chi connectivity index (χ0) is 17.7. The van der Waals surface area contributed by atoms with Gasteiger partial charge in [-0.2, -0.15) is 13.2 Å². The van der Waals surface area contributed by atoms with Gasteiger partial charge in [-0.1, -0.05) is 0 Å². The Kier molecular flexibility index (Phi) is 3.78. The molecule has 2 saturated heterocycles. The zero-order valence-electron chi connectivity index (χ0n) is 12.4. The van der Waals surface area contributed by atoms with E-state index < -0.39 is 40.8 Å². The van der Waals surface area contributed by atoms with Crippen molar-refractivity contribution in [3.8, 4) is 0 Å². The molecule has 0 radical (unpaired) electrons. The summed E-state index contributed by atoms with van der Waals surface area (Å²) >= 11 is 0. The summed E-state index contributed by atoms with van der Waals surface area (Å²) in [4.78, 5) is 24.6. The van der Waals surface area contributed by atoms with E-state index in [0.29, 0.717) is 12.6 Å². The molecule has 1 amide bonds. The molecule has 2 heterocycles. The summed E-state index contributed by atoms with van der Waals surface area (Å²) in [6, 6.07) is 2.38. The maximum atomic E-state index is 14.9. The number of carbonyl (C=O) groups excluding carboxylic acids is 1. The van der Waals surface area contributed by atoms with Crippen molar-refractivity contribution in [3.05, 3.63) is 29.3 Å². The van der Waals surface area contributed by atoms with Crippen molar-refractivity contribution in [3.63, 3.8) is 0 Å². The summed E-state index contributed by atoms with van der Waals surface area (Å²) in [6.45, 7) is 0.609. The van der Waals surface area contributed by atoms with Crippen LogP contribution >= 0.6 is 0 Å². The summed E-state index contributed by atoms with van der Waals surface area (Å²) in [5.41, 5.74) is -4.37. The van der Waals surface area contributed by atoms with Crippen LogP contribution in [0.1, 0.15) is 22.3 Å². The molecule has 0 aromatic heterocycles. The summed E-state index contributed by atoms with van der Waals surface area (Å²) < 4.78 is 53.5. The van der Waals surface area contributed by atoms with Crippen LogP contribution in [-0.2, 0) is 11.0 Å². The Balaban J connectivity index is 2.00. The number of alkyl halides is 4. The number of carboxylic acid groups (broad SMARTS) is 1. The standard InChI is InChI=1S/C15H14F4N2O3/c16-14-3-4-20-6-8(14)7-21(13(14)24)9-1-2-11(15(17,18)19)10(5-9)12(22)23/h1-2,5,8,20H,3-4,6-7H2,(H,22,23)/t8-,14+/m0/s1. The quantitative estimate of drug-likeness (QED) is 0.805. The number of carboxylic acids is 1. The number of anilines is 1. The minimum atomic E-state index is -4.83. The molecule has 0 unspecified atom stereocenters. The van der Waals surface area contributed by atoms with E-state index >= 15 is 0 Å². The summed E-state index contributed by atoms with van der Waals surface area (Å²) in [6.07, 6.45) is -4.85. The highest BCUT2D eigenvalue weighted by Crippen LogP contribution is 2.41. The molecular weight excluding hydrogens is 332 g/mol. The lowest BCUT2D eigenvalue weighted by atomic mass is 9.86. The molecule has 2 aliphatic rings. The molecule has 2 atom stereocenters. The molecule has 5 nitrogen and oxygen atoms in total.